The molecule has 3 N–H and O–H groups in total. The lowest BCUT2D eigenvalue weighted by molar-refractivity contribution is 0.256. The Morgan fingerprint density at radius 1 is 1.36 bits per heavy atom. The van der Waals surface area contributed by atoms with Gasteiger partial charge in [0, 0.05) is 10.7 Å². The molecule has 0 fully saturated rings. The number of halogens is 1. The molecule has 1 aromatic rings. The normalized spacial score (nSPS) is 11.9. The predicted octanol–water partition coefficient (Wildman–Crippen LogP) is 1.60. The van der Waals surface area contributed by atoms with Crippen molar-refractivity contribution in [1.29, 1.82) is 0 Å². The van der Waals surface area contributed by atoms with Crippen molar-refractivity contribution >= 4 is 34.6 Å². The van der Waals surface area contributed by atoms with Crippen LogP contribution in [-0.4, -0.2) is 14.8 Å². The standard InChI is InChI=1S/C7H7ClN2O3S/c8-5-1-3-6(4-2-5)9-7(11)10-14(12)13/h1-4H,(H,12,13)(H2,9,10,11). The minimum Gasteiger partial charge on any atom is -0.307 e. The van der Waals surface area contributed by atoms with Gasteiger partial charge in [0.25, 0.3) is 11.3 Å². The fourth-order valence-electron chi connectivity index (χ4n) is 0.769. The Hall–Kier alpha value is -1.11. The van der Waals surface area contributed by atoms with Gasteiger partial charge >= 0.3 is 6.03 Å². The number of amides is 2. The van der Waals surface area contributed by atoms with Crippen LogP contribution in [0.25, 0.3) is 0 Å². The quantitative estimate of drug-likeness (QED) is 0.680. The summed E-state index contributed by atoms with van der Waals surface area (Å²) in [6, 6.07) is 5.57. The summed E-state index contributed by atoms with van der Waals surface area (Å²) >= 11 is 3.25. The first-order valence-corrected chi connectivity index (χ1v) is 5.00. The summed E-state index contributed by atoms with van der Waals surface area (Å²) in [7, 11) is 0. The zero-order chi connectivity index (χ0) is 10.6. The van der Waals surface area contributed by atoms with Crippen LogP contribution in [0.1, 0.15) is 0 Å². The number of urea groups is 1. The smallest absolute Gasteiger partial charge is 0.307 e. The Morgan fingerprint density at radius 3 is 2.43 bits per heavy atom. The second-order valence-corrected chi connectivity index (χ2v) is 3.45. The van der Waals surface area contributed by atoms with Gasteiger partial charge in [-0.2, -0.15) is 0 Å². The Labute approximate surface area is 87.9 Å². The van der Waals surface area contributed by atoms with E-state index in [1.165, 1.54) is 0 Å². The molecule has 0 heterocycles. The molecule has 1 rings (SSSR count). The van der Waals surface area contributed by atoms with E-state index in [0.29, 0.717) is 10.7 Å². The van der Waals surface area contributed by atoms with Crippen molar-refractivity contribution in [1.82, 2.24) is 4.72 Å². The van der Waals surface area contributed by atoms with Crippen molar-refractivity contribution in [2.75, 3.05) is 5.32 Å². The monoisotopic (exact) mass is 234 g/mol. The van der Waals surface area contributed by atoms with Crippen molar-refractivity contribution in [3.8, 4) is 0 Å². The fraction of sp³-hybridized carbons (Fsp3) is 0. The van der Waals surface area contributed by atoms with E-state index in [4.69, 9.17) is 16.2 Å². The van der Waals surface area contributed by atoms with Gasteiger partial charge in [-0.25, -0.2) is 13.7 Å². The number of benzene rings is 1. The molecule has 0 aliphatic heterocycles. The van der Waals surface area contributed by atoms with Crippen LogP contribution in [0.2, 0.25) is 5.02 Å². The zero-order valence-corrected chi connectivity index (χ0v) is 8.43. The molecule has 0 spiro atoms. The minimum absolute atomic E-state index is 0.484. The van der Waals surface area contributed by atoms with E-state index < -0.39 is 17.3 Å². The molecule has 1 atom stereocenters. The maximum Gasteiger partial charge on any atom is 0.332 e. The second kappa shape index (κ2) is 4.94. The average molecular weight is 235 g/mol. The SMILES string of the molecule is O=C(Nc1ccc(Cl)cc1)NS(=O)O. The van der Waals surface area contributed by atoms with Gasteiger partial charge in [-0.3, -0.25) is 4.55 Å². The fourth-order valence-corrected chi connectivity index (χ4v) is 1.10. The number of rotatable bonds is 2. The highest BCUT2D eigenvalue weighted by molar-refractivity contribution is 7.77. The van der Waals surface area contributed by atoms with Gasteiger partial charge in [-0.15, -0.1) is 0 Å². The second-order valence-electron chi connectivity index (χ2n) is 2.31. The predicted molar refractivity (Wildman–Crippen MR) is 54.4 cm³/mol. The van der Waals surface area contributed by atoms with E-state index >= 15 is 0 Å². The third-order valence-electron chi connectivity index (χ3n) is 1.28. The van der Waals surface area contributed by atoms with Gasteiger partial charge in [0.15, 0.2) is 0 Å². The highest BCUT2D eigenvalue weighted by Gasteiger charge is 2.02. The Morgan fingerprint density at radius 2 is 1.93 bits per heavy atom. The molecule has 14 heavy (non-hydrogen) atoms. The van der Waals surface area contributed by atoms with Crippen LogP contribution in [0.15, 0.2) is 24.3 Å². The minimum atomic E-state index is -2.36. The molecule has 0 aromatic heterocycles. The highest BCUT2D eigenvalue weighted by Crippen LogP contribution is 2.12. The molecule has 5 nitrogen and oxygen atoms in total. The van der Waals surface area contributed by atoms with Gasteiger partial charge in [0.05, 0.1) is 0 Å². The molecule has 0 bridgehead atoms. The van der Waals surface area contributed by atoms with Gasteiger partial charge in [-0.1, -0.05) is 11.6 Å². The van der Waals surface area contributed by atoms with Crippen molar-refractivity contribution in [3.63, 3.8) is 0 Å². The van der Waals surface area contributed by atoms with E-state index in [1.807, 2.05) is 0 Å². The van der Waals surface area contributed by atoms with Crippen LogP contribution in [0.3, 0.4) is 0 Å². The van der Waals surface area contributed by atoms with Crippen molar-refractivity contribution < 1.29 is 13.6 Å². The van der Waals surface area contributed by atoms with E-state index in [0.717, 1.165) is 0 Å². The molecular weight excluding hydrogens is 228 g/mol. The van der Waals surface area contributed by atoms with Crippen LogP contribution >= 0.6 is 11.6 Å². The van der Waals surface area contributed by atoms with E-state index in [9.17, 15) is 9.00 Å². The molecule has 0 aliphatic carbocycles. The average Bonchev–Trinajstić information content (AvgIpc) is 2.07. The highest BCUT2D eigenvalue weighted by atomic mass is 35.5. The molecule has 0 saturated carbocycles. The first kappa shape index (κ1) is 11.0. The maximum absolute atomic E-state index is 10.9. The molecule has 0 radical (unpaired) electrons. The van der Waals surface area contributed by atoms with E-state index in [2.05, 4.69) is 5.32 Å². The Bertz CT molecular complexity index is 354. The summed E-state index contributed by atoms with van der Waals surface area (Å²) in [6.45, 7) is 0. The topological polar surface area (TPSA) is 78.4 Å². The lowest BCUT2D eigenvalue weighted by Gasteiger charge is -2.03. The number of hydrogen-bond acceptors (Lipinski definition) is 2. The van der Waals surface area contributed by atoms with E-state index in [1.54, 1.807) is 29.0 Å². The number of carbonyl (C=O) groups is 1. The van der Waals surface area contributed by atoms with Gasteiger partial charge < -0.3 is 5.32 Å². The summed E-state index contributed by atoms with van der Waals surface area (Å²) in [5.74, 6) is 0. The van der Waals surface area contributed by atoms with Crippen LogP contribution in [0.5, 0.6) is 0 Å². The first-order valence-electron chi connectivity index (χ1n) is 3.52. The van der Waals surface area contributed by atoms with Gasteiger partial charge in [0.1, 0.15) is 0 Å². The van der Waals surface area contributed by atoms with Crippen LogP contribution in [0, 0.1) is 0 Å². The van der Waals surface area contributed by atoms with Crippen molar-refractivity contribution in [3.05, 3.63) is 29.3 Å². The largest absolute Gasteiger partial charge is 0.332 e. The Balaban J connectivity index is 2.56. The summed E-state index contributed by atoms with van der Waals surface area (Å²) in [4.78, 5) is 10.9. The Kier molecular flexibility index (Phi) is 3.87. The molecule has 76 valence electrons. The third-order valence-corrected chi connectivity index (χ3v) is 1.89. The summed E-state index contributed by atoms with van der Waals surface area (Å²) in [6.07, 6.45) is 0. The van der Waals surface area contributed by atoms with Crippen LogP contribution in [0.4, 0.5) is 10.5 Å². The first-order chi connectivity index (χ1) is 6.58. The molecular formula is C7H7ClN2O3S. The lowest BCUT2D eigenvalue weighted by atomic mass is 10.3. The summed E-state index contributed by atoms with van der Waals surface area (Å²) in [5.41, 5.74) is 0.484. The number of carbonyl (C=O) groups excluding carboxylic acids is 1. The van der Waals surface area contributed by atoms with Gasteiger partial charge in [-0.05, 0) is 24.3 Å². The van der Waals surface area contributed by atoms with Crippen molar-refractivity contribution in [2.24, 2.45) is 0 Å². The number of nitrogens with one attached hydrogen (secondary N) is 2. The van der Waals surface area contributed by atoms with Gasteiger partial charge in [0.2, 0.25) is 0 Å². The van der Waals surface area contributed by atoms with Crippen LogP contribution in [-0.2, 0) is 11.3 Å². The van der Waals surface area contributed by atoms with E-state index in [-0.39, 0.29) is 0 Å². The zero-order valence-electron chi connectivity index (χ0n) is 6.86. The number of hydrogen-bond donors (Lipinski definition) is 3. The molecule has 0 aliphatic rings. The molecule has 0 saturated heterocycles. The maximum atomic E-state index is 10.9. The molecule has 2 amide bonds. The number of anilines is 1. The molecule has 1 unspecified atom stereocenters. The lowest BCUT2D eigenvalue weighted by Crippen LogP contribution is -2.29. The van der Waals surface area contributed by atoms with Crippen molar-refractivity contribution in [2.45, 2.75) is 0 Å². The third kappa shape index (κ3) is 3.73. The summed E-state index contributed by atoms with van der Waals surface area (Å²) in [5, 5.41) is 2.88. The summed E-state index contributed by atoms with van der Waals surface area (Å²) < 4.78 is 20.2. The molecule has 7 heteroatoms. The van der Waals surface area contributed by atoms with Crippen LogP contribution < -0.4 is 10.0 Å². The molecule has 1 aromatic carbocycles.